The molecule has 0 fully saturated rings. The van der Waals surface area contributed by atoms with E-state index in [1.807, 2.05) is 48.5 Å². The number of hydrogen-bond acceptors (Lipinski definition) is 4. The first-order chi connectivity index (χ1) is 15.7. The second-order valence-corrected chi connectivity index (χ2v) is 10.5. The standard InChI is InChI=1S/C26H31N3O3S/c1-20(24-13-9-14-25(17-24)27-21(2)30)29(18-22-10-6-5-7-11-22)19-23-12-8-15-26(16-23)33(31,32)28(3)4/h5-17,20H,18-19H2,1-4H3,(H,27,30). The van der Waals surface area contributed by atoms with Crippen molar-refractivity contribution in [2.45, 2.75) is 37.9 Å². The summed E-state index contributed by atoms with van der Waals surface area (Å²) in [5.41, 5.74) is 3.90. The van der Waals surface area contributed by atoms with Gasteiger partial charge in [-0.25, -0.2) is 12.7 Å². The predicted molar refractivity (Wildman–Crippen MR) is 132 cm³/mol. The number of benzene rings is 3. The summed E-state index contributed by atoms with van der Waals surface area (Å²) in [4.78, 5) is 14.1. The Balaban J connectivity index is 1.93. The zero-order chi connectivity index (χ0) is 24.0. The number of nitrogens with one attached hydrogen (secondary N) is 1. The van der Waals surface area contributed by atoms with Gasteiger partial charge in [0.15, 0.2) is 0 Å². The molecule has 0 heterocycles. The first-order valence-corrected chi connectivity index (χ1v) is 12.3. The van der Waals surface area contributed by atoms with Crippen LogP contribution in [0.5, 0.6) is 0 Å². The lowest BCUT2D eigenvalue weighted by Crippen LogP contribution is -2.27. The fourth-order valence-electron chi connectivity index (χ4n) is 3.69. The van der Waals surface area contributed by atoms with E-state index in [0.717, 1.165) is 16.8 Å². The predicted octanol–water partition coefficient (Wildman–Crippen LogP) is 4.66. The second-order valence-electron chi connectivity index (χ2n) is 8.31. The molecule has 1 amide bonds. The van der Waals surface area contributed by atoms with E-state index in [1.165, 1.54) is 30.9 Å². The van der Waals surface area contributed by atoms with Crippen molar-refractivity contribution in [3.8, 4) is 0 Å². The molecular weight excluding hydrogens is 434 g/mol. The van der Waals surface area contributed by atoms with Gasteiger partial charge in [0.2, 0.25) is 15.9 Å². The van der Waals surface area contributed by atoms with Crippen molar-refractivity contribution >= 4 is 21.6 Å². The quantitative estimate of drug-likeness (QED) is 0.499. The normalized spacial score (nSPS) is 12.7. The maximum Gasteiger partial charge on any atom is 0.242 e. The fourth-order valence-corrected chi connectivity index (χ4v) is 4.66. The van der Waals surface area contributed by atoms with E-state index in [0.29, 0.717) is 13.1 Å². The van der Waals surface area contributed by atoms with Crippen LogP contribution in [0, 0.1) is 0 Å². The largest absolute Gasteiger partial charge is 0.326 e. The highest BCUT2D eigenvalue weighted by Crippen LogP contribution is 2.27. The number of amides is 1. The van der Waals surface area contributed by atoms with Crippen LogP contribution in [0.15, 0.2) is 83.8 Å². The molecule has 1 unspecified atom stereocenters. The lowest BCUT2D eigenvalue weighted by atomic mass is 10.0. The number of anilines is 1. The van der Waals surface area contributed by atoms with Crippen molar-refractivity contribution in [3.05, 3.63) is 95.6 Å². The minimum Gasteiger partial charge on any atom is -0.326 e. The molecule has 0 spiro atoms. The highest BCUT2D eigenvalue weighted by molar-refractivity contribution is 7.89. The molecular formula is C26H31N3O3S. The highest BCUT2D eigenvalue weighted by Gasteiger charge is 2.20. The van der Waals surface area contributed by atoms with Crippen molar-refractivity contribution in [2.24, 2.45) is 0 Å². The number of carbonyl (C=O) groups excluding carboxylic acids is 1. The average molecular weight is 466 g/mol. The minimum absolute atomic E-state index is 0.0213. The third-order valence-corrected chi connectivity index (χ3v) is 7.34. The third-order valence-electron chi connectivity index (χ3n) is 5.53. The van der Waals surface area contributed by atoms with Crippen LogP contribution < -0.4 is 5.32 Å². The Morgan fingerprint density at radius 3 is 2.18 bits per heavy atom. The number of carbonyl (C=O) groups is 1. The van der Waals surface area contributed by atoms with Crippen molar-refractivity contribution in [1.29, 1.82) is 0 Å². The van der Waals surface area contributed by atoms with Crippen molar-refractivity contribution in [2.75, 3.05) is 19.4 Å². The Labute approximate surface area is 196 Å². The maximum atomic E-state index is 12.6. The monoisotopic (exact) mass is 465 g/mol. The Kier molecular flexibility index (Phi) is 8.02. The van der Waals surface area contributed by atoms with Gasteiger partial charge in [0, 0.05) is 45.8 Å². The van der Waals surface area contributed by atoms with E-state index in [2.05, 4.69) is 29.3 Å². The molecule has 0 aliphatic heterocycles. The molecule has 1 atom stereocenters. The smallest absolute Gasteiger partial charge is 0.242 e. The molecule has 1 N–H and O–H groups in total. The molecule has 0 saturated heterocycles. The summed E-state index contributed by atoms with van der Waals surface area (Å²) in [5.74, 6) is -0.111. The van der Waals surface area contributed by atoms with Crippen LogP contribution in [0.4, 0.5) is 5.69 Å². The topological polar surface area (TPSA) is 69.7 Å². The second kappa shape index (κ2) is 10.7. The van der Waals surface area contributed by atoms with Crippen molar-refractivity contribution in [1.82, 2.24) is 9.21 Å². The summed E-state index contributed by atoms with van der Waals surface area (Å²) < 4.78 is 26.5. The van der Waals surface area contributed by atoms with E-state index in [9.17, 15) is 13.2 Å². The molecule has 0 bridgehead atoms. The Bertz CT molecular complexity index is 1190. The van der Waals surface area contributed by atoms with Crippen LogP contribution in [-0.4, -0.2) is 37.6 Å². The molecule has 0 saturated carbocycles. The Hall–Kier alpha value is -3.00. The molecule has 174 valence electrons. The first-order valence-electron chi connectivity index (χ1n) is 10.8. The summed E-state index contributed by atoms with van der Waals surface area (Å²) in [6.45, 7) is 4.87. The van der Waals surface area contributed by atoms with Crippen LogP contribution in [0.3, 0.4) is 0 Å². The lowest BCUT2D eigenvalue weighted by Gasteiger charge is -2.30. The van der Waals surface area contributed by atoms with E-state index in [4.69, 9.17) is 0 Å². The molecule has 6 nitrogen and oxygen atoms in total. The molecule has 3 rings (SSSR count). The molecule has 3 aromatic rings. The molecule has 0 aromatic heterocycles. The maximum absolute atomic E-state index is 12.6. The summed E-state index contributed by atoms with van der Waals surface area (Å²) in [5, 5.41) is 2.84. The van der Waals surface area contributed by atoms with Crippen LogP contribution in [0.1, 0.15) is 36.6 Å². The SMILES string of the molecule is CC(=O)Nc1cccc(C(C)N(Cc2ccccc2)Cc2cccc(S(=O)(=O)N(C)C)c2)c1. The molecule has 7 heteroatoms. The first kappa shape index (κ1) is 24.6. The van der Waals surface area contributed by atoms with E-state index in [-0.39, 0.29) is 16.8 Å². The van der Waals surface area contributed by atoms with Gasteiger partial charge in [-0.05, 0) is 47.9 Å². The van der Waals surface area contributed by atoms with Crippen LogP contribution in [0.25, 0.3) is 0 Å². The van der Waals surface area contributed by atoms with E-state index >= 15 is 0 Å². The zero-order valence-corrected chi connectivity index (χ0v) is 20.3. The van der Waals surface area contributed by atoms with Crippen LogP contribution in [-0.2, 0) is 27.9 Å². The fraction of sp³-hybridized carbons (Fsp3) is 0.269. The minimum atomic E-state index is -3.51. The van der Waals surface area contributed by atoms with Gasteiger partial charge in [0.05, 0.1) is 4.90 Å². The van der Waals surface area contributed by atoms with Gasteiger partial charge in [-0.15, -0.1) is 0 Å². The van der Waals surface area contributed by atoms with Gasteiger partial charge in [-0.3, -0.25) is 9.69 Å². The molecule has 0 aliphatic carbocycles. The third kappa shape index (κ3) is 6.51. The summed E-state index contributed by atoms with van der Waals surface area (Å²) >= 11 is 0. The van der Waals surface area contributed by atoms with Gasteiger partial charge in [-0.1, -0.05) is 54.6 Å². The number of hydrogen-bond donors (Lipinski definition) is 1. The summed E-state index contributed by atoms with van der Waals surface area (Å²) in [6.07, 6.45) is 0. The number of sulfonamides is 1. The average Bonchev–Trinajstić information content (AvgIpc) is 2.78. The van der Waals surface area contributed by atoms with Gasteiger partial charge >= 0.3 is 0 Å². The van der Waals surface area contributed by atoms with Gasteiger partial charge in [0.1, 0.15) is 0 Å². The zero-order valence-electron chi connectivity index (χ0n) is 19.5. The molecule has 3 aromatic carbocycles. The summed E-state index contributed by atoms with van der Waals surface area (Å²) in [7, 11) is -0.438. The molecule has 0 radical (unpaired) electrons. The van der Waals surface area contributed by atoms with Gasteiger partial charge < -0.3 is 5.32 Å². The van der Waals surface area contributed by atoms with E-state index < -0.39 is 10.0 Å². The molecule has 33 heavy (non-hydrogen) atoms. The Morgan fingerprint density at radius 2 is 1.52 bits per heavy atom. The van der Waals surface area contributed by atoms with Crippen LogP contribution in [0.2, 0.25) is 0 Å². The Morgan fingerprint density at radius 1 is 0.879 bits per heavy atom. The van der Waals surface area contributed by atoms with Crippen molar-refractivity contribution < 1.29 is 13.2 Å². The number of rotatable bonds is 9. The molecule has 0 aliphatic rings. The van der Waals surface area contributed by atoms with Gasteiger partial charge in [-0.2, -0.15) is 0 Å². The van der Waals surface area contributed by atoms with Crippen molar-refractivity contribution in [3.63, 3.8) is 0 Å². The summed E-state index contributed by atoms with van der Waals surface area (Å²) in [6, 6.07) is 25.1. The number of nitrogens with zero attached hydrogens (tertiary/aromatic N) is 2. The highest BCUT2D eigenvalue weighted by atomic mass is 32.2. The van der Waals surface area contributed by atoms with Gasteiger partial charge in [0.25, 0.3) is 0 Å². The lowest BCUT2D eigenvalue weighted by molar-refractivity contribution is -0.114. The van der Waals surface area contributed by atoms with Crippen LogP contribution >= 0.6 is 0 Å². The van der Waals surface area contributed by atoms with E-state index in [1.54, 1.807) is 18.2 Å².